The molecule has 0 spiro atoms. The largest absolute Gasteiger partial charge is 0.383 e. The maximum Gasteiger partial charge on any atom is 0.146 e. The predicted molar refractivity (Wildman–Crippen MR) is 100 cm³/mol. The molecule has 1 fully saturated rings. The van der Waals surface area contributed by atoms with Gasteiger partial charge in [-0.2, -0.15) is 5.26 Å². The molecular formula is C19H19N7. The molecule has 4 rings (SSSR count). The van der Waals surface area contributed by atoms with E-state index in [0.29, 0.717) is 17.9 Å². The first-order valence-corrected chi connectivity index (χ1v) is 8.58. The summed E-state index contributed by atoms with van der Waals surface area (Å²) in [7, 11) is 0. The molecule has 0 saturated carbocycles. The highest BCUT2D eigenvalue weighted by Gasteiger charge is 2.21. The van der Waals surface area contributed by atoms with Crippen LogP contribution in [0.5, 0.6) is 0 Å². The molecule has 0 atom stereocenters. The third-order valence-corrected chi connectivity index (χ3v) is 4.62. The lowest BCUT2D eigenvalue weighted by molar-refractivity contribution is 0.244. The molecule has 130 valence electrons. The van der Waals surface area contributed by atoms with Gasteiger partial charge < -0.3 is 10.6 Å². The molecule has 0 radical (unpaired) electrons. The Bertz CT molecular complexity index is 971. The lowest BCUT2D eigenvalue weighted by Gasteiger charge is -2.35. The highest BCUT2D eigenvalue weighted by Crippen LogP contribution is 2.20. The zero-order chi connectivity index (χ0) is 17.9. The molecule has 26 heavy (non-hydrogen) atoms. The molecule has 1 saturated heterocycles. The lowest BCUT2D eigenvalue weighted by atomic mass is 10.2. The Labute approximate surface area is 151 Å². The number of aromatic nitrogens is 3. The van der Waals surface area contributed by atoms with E-state index in [1.54, 1.807) is 18.3 Å². The van der Waals surface area contributed by atoms with E-state index >= 15 is 0 Å². The molecule has 2 aromatic heterocycles. The molecule has 0 bridgehead atoms. The van der Waals surface area contributed by atoms with E-state index in [0.717, 1.165) is 48.7 Å². The van der Waals surface area contributed by atoms with Gasteiger partial charge in [0, 0.05) is 37.8 Å². The Morgan fingerprint density at radius 2 is 1.85 bits per heavy atom. The molecule has 1 aromatic carbocycles. The Morgan fingerprint density at radius 1 is 1.04 bits per heavy atom. The van der Waals surface area contributed by atoms with Crippen LogP contribution in [0.2, 0.25) is 0 Å². The van der Waals surface area contributed by atoms with Crippen molar-refractivity contribution >= 4 is 22.5 Å². The molecular weight excluding hydrogens is 326 g/mol. The zero-order valence-electron chi connectivity index (χ0n) is 14.3. The van der Waals surface area contributed by atoms with Gasteiger partial charge in [-0.3, -0.25) is 4.90 Å². The van der Waals surface area contributed by atoms with Gasteiger partial charge in [0.05, 0.1) is 17.6 Å². The molecule has 7 heteroatoms. The fourth-order valence-corrected chi connectivity index (χ4v) is 3.28. The number of piperazine rings is 1. The normalized spacial score (nSPS) is 15.1. The molecule has 0 amide bonds. The standard InChI is InChI=1S/C19H19N7/c20-12-14-4-3-7-22-19(14)26-10-8-25(9-11-26)13-17-23-16-6-2-1-5-15(16)18(21)24-17/h1-7H,8-11,13H2,(H2,21,23,24). The fourth-order valence-electron chi connectivity index (χ4n) is 3.28. The van der Waals surface area contributed by atoms with Gasteiger partial charge in [-0.25, -0.2) is 15.0 Å². The number of para-hydroxylation sites is 1. The van der Waals surface area contributed by atoms with Crippen LogP contribution in [0.15, 0.2) is 42.6 Å². The highest BCUT2D eigenvalue weighted by atomic mass is 15.3. The van der Waals surface area contributed by atoms with Crippen LogP contribution in [-0.4, -0.2) is 46.0 Å². The Kier molecular flexibility index (Phi) is 4.33. The minimum Gasteiger partial charge on any atom is -0.383 e. The van der Waals surface area contributed by atoms with Gasteiger partial charge >= 0.3 is 0 Å². The predicted octanol–water partition coefficient (Wildman–Crippen LogP) is 1.80. The third-order valence-electron chi connectivity index (χ3n) is 4.62. The topological polar surface area (TPSA) is 95.0 Å². The fraction of sp³-hybridized carbons (Fsp3) is 0.263. The molecule has 7 nitrogen and oxygen atoms in total. The number of nitrogens with zero attached hydrogens (tertiary/aromatic N) is 6. The summed E-state index contributed by atoms with van der Waals surface area (Å²) in [5, 5.41) is 10.1. The average molecular weight is 345 g/mol. The molecule has 1 aliphatic heterocycles. The van der Waals surface area contributed by atoms with E-state index in [-0.39, 0.29) is 0 Å². The number of nitriles is 1. The first-order valence-electron chi connectivity index (χ1n) is 8.58. The summed E-state index contributed by atoms with van der Waals surface area (Å²) in [5.74, 6) is 2.03. The summed E-state index contributed by atoms with van der Waals surface area (Å²) < 4.78 is 0. The second-order valence-corrected chi connectivity index (χ2v) is 6.29. The SMILES string of the molecule is N#Cc1cccnc1N1CCN(Cc2nc(N)c3ccccc3n2)CC1. The van der Waals surface area contributed by atoms with Crippen molar-refractivity contribution in [1.29, 1.82) is 5.26 Å². The van der Waals surface area contributed by atoms with Gasteiger partial charge in [0.2, 0.25) is 0 Å². The smallest absolute Gasteiger partial charge is 0.146 e. The van der Waals surface area contributed by atoms with Crippen molar-refractivity contribution in [3.05, 3.63) is 54.0 Å². The summed E-state index contributed by atoms with van der Waals surface area (Å²) >= 11 is 0. The monoisotopic (exact) mass is 345 g/mol. The van der Waals surface area contributed by atoms with E-state index < -0.39 is 0 Å². The van der Waals surface area contributed by atoms with Crippen molar-refractivity contribution in [2.75, 3.05) is 36.8 Å². The van der Waals surface area contributed by atoms with Gasteiger partial charge in [0.1, 0.15) is 23.5 Å². The number of pyridine rings is 1. The molecule has 0 aliphatic carbocycles. The van der Waals surface area contributed by atoms with E-state index in [9.17, 15) is 5.26 Å². The quantitative estimate of drug-likeness (QED) is 0.773. The van der Waals surface area contributed by atoms with Crippen LogP contribution in [0, 0.1) is 11.3 Å². The van der Waals surface area contributed by atoms with Crippen molar-refractivity contribution < 1.29 is 0 Å². The van der Waals surface area contributed by atoms with Crippen LogP contribution in [-0.2, 0) is 6.54 Å². The van der Waals surface area contributed by atoms with Crippen molar-refractivity contribution in [3.63, 3.8) is 0 Å². The van der Waals surface area contributed by atoms with Gasteiger partial charge in [-0.05, 0) is 24.3 Å². The lowest BCUT2D eigenvalue weighted by Crippen LogP contribution is -2.46. The van der Waals surface area contributed by atoms with Crippen LogP contribution in [0.3, 0.4) is 0 Å². The number of nitrogens with two attached hydrogens (primary N) is 1. The Morgan fingerprint density at radius 3 is 2.65 bits per heavy atom. The van der Waals surface area contributed by atoms with Crippen molar-refractivity contribution in [2.45, 2.75) is 6.54 Å². The third kappa shape index (κ3) is 3.15. The van der Waals surface area contributed by atoms with E-state index in [1.165, 1.54) is 0 Å². The van der Waals surface area contributed by atoms with Crippen LogP contribution in [0.4, 0.5) is 11.6 Å². The number of anilines is 2. The Hall–Kier alpha value is -3.24. The minimum atomic E-state index is 0.524. The number of nitrogen functional groups attached to an aromatic ring is 1. The summed E-state index contributed by atoms with van der Waals surface area (Å²) in [6.07, 6.45) is 1.73. The van der Waals surface area contributed by atoms with E-state index in [1.807, 2.05) is 24.3 Å². The number of hydrogen-bond donors (Lipinski definition) is 1. The van der Waals surface area contributed by atoms with Crippen molar-refractivity contribution in [1.82, 2.24) is 19.9 Å². The molecule has 2 N–H and O–H groups in total. The number of hydrogen-bond acceptors (Lipinski definition) is 7. The minimum absolute atomic E-state index is 0.524. The zero-order valence-corrected chi connectivity index (χ0v) is 14.3. The molecule has 3 aromatic rings. The summed E-state index contributed by atoms with van der Waals surface area (Å²) in [4.78, 5) is 17.9. The van der Waals surface area contributed by atoms with E-state index in [2.05, 4.69) is 30.8 Å². The van der Waals surface area contributed by atoms with Crippen LogP contribution in [0.1, 0.15) is 11.4 Å². The summed E-state index contributed by atoms with van der Waals surface area (Å²) in [6, 6.07) is 13.6. The van der Waals surface area contributed by atoms with E-state index in [4.69, 9.17) is 5.73 Å². The summed E-state index contributed by atoms with van der Waals surface area (Å²) in [5.41, 5.74) is 7.57. The number of rotatable bonds is 3. The molecule has 1 aliphatic rings. The second kappa shape index (κ2) is 6.94. The molecule has 3 heterocycles. The maximum absolute atomic E-state index is 9.25. The van der Waals surface area contributed by atoms with Gasteiger partial charge in [-0.1, -0.05) is 12.1 Å². The van der Waals surface area contributed by atoms with Crippen molar-refractivity contribution in [2.24, 2.45) is 0 Å². The van der Waals surface area contributed by atoms with Crippen molar-refractivity contribution in [3.8, 4) is 6.07 Å². The van der Waals surface area contributed by atoms with Gasteiger partial charge in [-0.15, -0.1) is 0 Å². The summed E-state index contributed by atoms with van der Waals surface area (Å²) in [6.45, 7) is 4.01. The maximum atomic E-state index is 9.25. The van der Waals surface area contributed by atoms with Crippen LogP contribution in [0.25, 0.3) is 10.9 Å². The number of fused-ring (bicyclic) bond motifs is 1. The Balaban J connectivity index is 1.45. The highest BCUT2D eigenvalue weighted by molar-refractivity contribution is 5.87. The average Bonchev–Trinajstić information content (AvgIpc) is 2.69. The molecule has 0 unspecified atom stereocenters. The first-order chi connectivity index (χ1) is 12.7. The van der Waals surface area contributed by atoms with Gasteiger partial charge in [0.25, 0.3) is 0 Å². The van der Waals surface area contributed by atoms with Gasteiger partial charge in [0.15, 0.2) is 0 Å². The van der Waals surface area contributed by atoms with Crippen LogP contribution >= 0.6 is 0 Å². The number of benzene rings is 1. The van der Waals surface area contributed by atoms with Crippen LogP contribution < -0.4 is 10.6 Å². The second-order valence-electron chi connectivity index (χ2n) is 6.29. The first kappa shape index (κ1) is 16.2.